The molecule has 33 heavy (non-hydrogen) atoms. The summed E-state index contributed by atoms with van der Waals surface area (Å²) in [5.74, 6) is 6.51. The van der Waals surface area contributed by atoms with Gasteiger partial charge in [0.15, 0.2) is 5.75 Å². The maximum absolute atomic E-state index is 12.5. The van der Waals surface area contributed by atoms with E-state index in [0.29, 0.717) is 0 Å². The van der Waals surface area contributed by atoms with Gasteiger partial charge in [-0.25, -0.2) is 17.4 Å². The van der Waals surface area contributed by atoms with Crippen molar-refractivity contribution in [2.75, 3.05) is 24.7 Å². The fourth-order valence-electron chi connectivity index (χ4n) is 2.73. The van der Waals surface area contributed by atoms with E-state index in [1.165, 1.54) is 32.3 Å². The highest BCUT2D eigenvalue weighted by molar-refractivity contribution is 7.89. The Hall–Kier alpha value is -3.07. The Balaban J connectivity index is 1.93. The van der Waals surface area contributed by atoms with Gasteiger partial charge in [0.25, 0.3) is 0 Å². The van der Waals surface area contributed by atoms with Crippen LogP contribution in [0.4, 0.5) is 17.3 Å². The largest absolute Gasteiger partial charge is 0.504 e. The molecule has 0 saturated carbocycles. The summed E-state index contributed by atoms with van der Waals surface area (Å²) in [6, 6.07) is 8.02. The van der Waals surface area contributed by atoms with Gasteiger partial charge in [-0.2, -0.15) is 0 Å². The first kappa shape index (κ1) is 24.6. The fourth-order valence-corrected chi connectivity index (χ4v) is 4.61. The van der Waals surface area contributed by atoms with Gasteiger partial charge in [-0.1, -0.05) is 17.9 Å². The van der Waals surface area contributed by atoms with E-state index in [2.05, 4.69) is 32.8 Å². The number of benzene rings is 1. The van der Waals surface area contributed by atoms with Crippen LogP contribution >= 0.6 is 11.3 Å². The lowest BCUT2D eigenvalue weighted by Crippen LogP contribution is -2.22. The number of nitrogens with zero attached hydrogens (tertiary/aromatic N) is 3. The van der Waals surface area contributed by atoms with E-state index in [1.54, 1.807) is 11.3 Å². The first-order chi connectivity index (χ1) is 15.4. The predicted molar refractivity (Wildman–Crippen MR) is 129 cm³/mol. The van der Waals surface area contributed by atoms with Gasteiger partial charge in [0.1, 0.15) is 10.9 Å². The van der Waals surface area contributed by atoms with Gasteiger partial charge in [0.05, 0.1) is 5.69 Å². The molecule has 1 unspecified atom stereocenters. The second kappa shape index (κ2) is 9.43. The molecule has 1 atom stereocenters. The summed E-state index contributed by atoms with van der Waals surface area (Å²) in [7, 11) is -1.06. The average Bonchev–Trinajstić information content (AvgIpc) is 3.34. The standard InChI is InChI=1S/C22H27N5O4S2/c1-14-10-11-17(32-14)15(12-13-22(2,3)4)23-20-21(26-31-25-20)24-16-8-7-9-18(19(16)28)33(29,30)27(5)6/h7-11,15,28H,1-6H3,(H,23,25)(H,24,26). The van der Waals surface area contributed by atoms with Crippen LogP contribution in [0.1, 0.15) is 36.6 Å². The van der Waals surface area contributed by atoms with Crippen molar-refractivity contribution in [1.29, 1.82) is 0 Å². The molecular formula is C22H27N5O4S2. The third-order valence-electron chi connectivity index (χ3n) is 4.42. The van der Waals surface area contributed by atoms with Gasteiger partial charge < -0.3 is 15.7 Å². The molecular weight excluding hydrogens is 462 g/mol. The van der Waals surface area contributed by atoms with E-state index in [-0.39, 0.29) is 33.7 Å². The van der Waals surface area contributed by atoms with Gasteiger partial charge in [-0.15, -0.1) is 11.3 Å². The van der Waals surface area contributed by atoms with E-state index < -0.39 is 15.8 Å². The third kappa shape index (κ3) is 5.84. The summed E-state index contributed by atoms with van der Waals surface area (Å²) < 4.78 is 30.9. The minimum Gasteiger partial charge on any atom is -0.504 e. The second-order valence-electron chi connectivity index (χ2n) is 8.57. The second-order valence-corrected chi connectivity index (χ2v) is 12.0. The molecule has 1 aromatic carbocycles. The molecule has 0 spiro atoms. The number of sulfonamides is 1. The lowest BCUT2D eigenvalue weighted by atomic mass is 9.97. The van der Waals surface area contributed by atoms with Crippen molar-refractivity contribution < 1.29 is 18.2 Å². The summed E-state index contributed by atoms with van der Waals surface area (Å²) in [5.41, 5.74) is -0.0551. The molecule has 3 N–H and O–H groups in total. The van der Waals surface area contributed by atoms with E-state index in [4.69, 9.17) is 4.63 Å². The summed E-state index contributed by atoms with van der Waals surface area (Å²) in [4.78, 5) is 1.92. The molecule has 0 bridgehead atoms. The number of para-hydroxylation sites is 1. The minimum absolute atomic E-state index is 0.140. The van der Waals surface area contributed by atoms with Crippen molar-refractivity contribution in [1.82, 2.24) is 14.6 Å². The lowest BCUT2D eigenvalue weighted by molar-refractivity contribution is 0.310. The van der Waals surface area contributed by atoms with Crippen molar-refractivity contribution in [2.24, 2.45) is 5.41 Å². The summed E-state index contributed by atoms with van der Waals surface area (Å²) >= 11 is 1.61. The molecule has 0 aliphatic carbocycles. The molecule has 0 aliphatic heterocycles. The van der Waals surface area contributed by atoms with Crippen molar-refractivity contribution >= 4 is 38.7 Å². The summed E-state index contributed by atoms with van der Waals surface area (Å²) in [6.07, 6.45) is 0. The van der Waals surface area contributed by atoms with Gasteiger partial charge in [-0.05, 0) is 62.3 Å². The molecule has 11 heteroatoms. The molecule has 176 valence electrons. The number of hydrogen-bond acceptors (Lipinski definition) is 9. The van der Waals surface area contributed by atoms with Crippen LogP contribution < -0.4 is 10.6 Å². The Morgan fingerprint density at radius 3 is 2.45 bits per heavy atom. The molecule has 2 aromatic heterocycles. The molecule has 0 amide bonds. The highest BCUT2D eigenvalue weighted by Crippen LogP contribution is 2.36. The quantitative estimate of drug-likeness (QED) is 0.331. The number of aromatic hydroxyl groups is 1. The van der Waals surface area contributed by atoms with Crippen LogP contribution in [0.25, 0.3) is 0 Å². The number of nitrogens with one attached hydrogen (secondary N) is 2. The zero-order valence-corrected chi connectivity index (χ0v) is 20.9. The SMILES string of the molecule is Cc1ccc(C(C#CC(C)(C)C)Nc2nonc2Nc2cccc(S(=O)(=O)N(C)C)c2O)s1. The Kier molecular flexibility index (Phi) is 7.02. The first-order valence-corrected chi connectivity index (χ1v) is 12.3. The highest BCUT2D eigenvalue weighted by atomic mass is 32.2. The summed E-state index contributed by atoms with van der Waals surface area (Å²) in [5, 5.41) is 24.5. The number of aryl methyl sites for hydroxylation is 1. The van der Waals surface area contributed by atoms with Crippen LogP contribution in [0.5, 0.6) is 5.75 Å². The molecule has 3 rings (SSSR count). The molecule has 0 saturated heterocycles. The maximum atomic E-state index is 12.5. The Morgan fingerprint density at radius 2 is 1.85 bits per heavy atom. The van der Waals surface area contributed by atoms with Gasteiger partial charge in [0, 0.05) is 29.3 Å². The molecule has 0 fully saturated rings. The van der Waals surface area contributed by atoms with Gasteiger partial charge in [-0.3, -0.25) is 0 Å². The maximum Gasteiger partial charge on any atom is 0.246 e. The zero-order chi connectivity index (χ0) is 24.4. The van der Waals surface area contributed by atoms with Crippen molar-refractivity contribution in [3.8, 4) is 17.6 Å². The Morgan fingerprint density at radius 1 is 1.15 bits per heavy atom. The van der Waals surface area contributed by atoms with Crippen molar-refractivity contribution in [2.45, 2.75) is 38.6 Å². The molecule has 0 aliphatic rings. The van der Waals surface area contributed by atoms with Crippen LogP contribution in [-0.4, -0.2) is 42.2 Å². The smallest absolute Gasteiger partial charge is 0.246 e. The fraction of sp³-hybridized carbons (Fsp3) is 0.364. The number of rotatable bonds is 7. The van der Waals surface area contributed by atoms with Crippen molar-refractivity contribution in [3.05, 3.63) is 40.1 Å². The third-order valence-corrected chi connectivity index (χ3v) is 7.33. The van der Waals surface area contributed by atoms with Gasteiger partial charge in [0.2, 0.25) is 21.7 Å². The molecule has 9 nitrogen and oxygen atoms in total. The Labute approximate surface area is 197 Å². The van der Waals surface area contributed by atoms with Gasteiger partial charge >= 0.3 is 0 Å². The normalized spacial score (nSPS) is 12.8. The van der Waals surface area contributed by atoms with E-state index in [1.807, 2.05) is 39.8 Å². The predicted octanol–water partition coefficient (Wildman–Crippen LogP) is 4.34. The summed E-state index contributed by atoms with van der Waals surface area (Å²) in [6.45, 7) is 8.10. The number of phenols is 1. The Bertz CT molecular complexity index is 1290. The number of phenolic OH excluding ortho intramolecular Hbond substituents is 1. The lowest BCUT2D eigenvalue weighted by Gasteiger charge is -2.16. The molecule has 0 radical (unpaired) electrons. The van der Waals surface area contributed by atoms with Crippen molar-refractivity contribution in [3.63, 3.8) is 0 Å². The minimum atomic E-state index is -3.84. The average molecular weight is 490 g/mol. The van der Waals surface area contributed by atoms with E-state index in [9.17, 15) is 13.5 Å². The molecule has 3 aromatic rings. The monoisotopic (exact) mass is 489 g/mol. The number of thiophene rings is 1. The number of hydrogen-bond donors (Lipinski definition) is 3. The van der Waals surface area contributed by atoms with Crippen LogP contribution in [0.2, 0.25) is 0 Å². The highest BCUT2D eigenvalue weighted by Gasteiger charge is 2.24. The van der Waals surface area contributed by atoms with Crippen LogP contribution in [0, 0.1) is 24.2 Å². The van der Waals surface area contributed by atoms with Crippen LogP contribution in [-0.2, 0) is 10.0 Å². The topological polar surface area (TPSA) is 121 Å². The molecule has 2 heterocycles. The van der Waals surface area contributed by atoms with E-state index in [0.717, 1.165) is 14.1 Å². The van der Waals surface area contributed by atoms with Crippen LogP contribution in [0.3, 0.4) is 0 Å². The first-order valence-electron chi connectivity index (χ1n) is 10.1. The van der Waals surface area contributed by atoms with Crippen LogP contribution in [0.15, 0.2) is 39.9 Å². The number of aromatic nitrogens is 2. The zero-order valence-electron chi connectivity index (χ0n) is 19.3. The number of anilines is 3. The van der Waals surface area contributed by atoms with E-state index >= 15 is 0 Å².